The van der Waals surface area contributed by atoms with Crippen LogP contribution < -0.4 is 10.6 Å². The maximum atomic E-state index is 14.3. The van der Waals surface area contributed by atoms with Crippen molar-refractivity contribution in [1.29, 1.82) is 0 Å². The number of carbonyl (C=O) groups excluding carboxylic acids is 1. The predicted molar refractivity (Wildman–Crippen MR) is 106 cm³/mol. The van der Waals surface area contributed by atoms with Gasteiger partial charge in [0, 0.05) is 18.7 Å². The predicted octanol–water partition coefficient (Wildman–Crippen LogP) is 2.11. The molecule has 0 aromatic heterocycles. The molecule has 0 bridgehead atoms. The fraction of sp³-hybridized carbons (Fsp3) is 0.409. The van der Waals surface area contributed by atoms with Crippen molar-refractivity contribution in [2.24, 2.45) is 0 Å². The fourth-order valence-electron chi connectivity index (χ4n) is 4.16. The molecule has 0 aliphatic carbocycles. The van der Waals surface area contributed by atoms with Gasteiger partial charge in [-0.3, -0.25) is 9.69 Å². The van der Waals surface area contributed by atoms with Gasteiger partial charge in [0.05, 0.1) is 12.6 Å². The first-order chi connectivity index (χ1) is 14.7. The van der Waals surface area contributed by atoms with Crippen LogP contribution in [0.2, 0.25) is 0 Å². The van der Waals surface area contributed by atoms with E-state index in [0.29, 0.717) is 24.9 Å². The quantitative estimate of drug-likeness (QED) is 0.559. The number of piperidine rings is 1. The third kappa shape index (κ3) is 4.59. The van der Waals surface area contributed by atoms with Gasteiger partial charge in [0.15, 0.2) is 0 Å². The minimum atomic E-state index is -3.14. The zero-order chi connectivity index (χ0) is 22.2. The van der Waals surface area contributed by atoms with Gasteiger partial charge in [-0.05, 0) is 41.7 Å². The van der Waals surface area contributed by atoms with Crippen LogP contribution in [0.25, 0.3) is 0 Å². The van der Waals surface area contributed by atoms with Crippen LogP contribution in [0.5, 0.6) is 0 Å². The minimum Gasteiger partial charge on any atom is -0.374 e. The van der Waals surface area contributed by atoms with Crippen LogP contribution in [-0.2, 0) is 23.8 Å². The van der Waals surface area contributed by atoms with Crippen molar-refractivity contribution in [3.05, 3.63) is 70.5 Å². The van der Waals surface area contributed by atoms with Gasteiger partial charge < -0.3 is 20.8 Å². The Morgan fingerprint density at radius 3 is 2.58 bits per heavy atom. The average molecular weight is 435 g/mol. The smallest absolute Gasteiger partial charge is 0.285 e. The Balaban J connectivity index is 1.38. The van der Waals surface area contributed by atoms with E-state index >= 15 is 0 Å². The number of rotatable bonds is 6. The third-order valence-electron chi connectivity index (χ3n) is 5.82. The lowest BCUT2D eigenvalue weighted by Gasteiger charge is -2.34. The van der Waals surface area contributed by atoms with Crippen molar-refractivity contribution in [3.63, 3.8) is 0 Å². The number of alkyl halides is 2. The molecule has 2 aromatic rings. The number of carbonyl (C=O) groups is 1. The molecule has 0 saturated carbocycles. The number of aliphatic hydroxyl groups is 2. The van der Waals surface area contributed by atoms with Gasteiger partial charge in [-0.25, -0.2) is 4.39 Å². The largest absolute Gasteiger partial charge is 0.374 e. The monoisotopic (exact) mass is 435 g/mol. The summed E-state index contributed by atoms with van der Waals surface area (Å²) in [7, 11) is 0. The SMILES string of the molecule is O=C1N[C@@H](O)CCC1N1Cc2cc(CNCC(F)(F)c3ccc(F)cc3)ccc2[C@@H]1O. The summed E-state index contributed by atoms with van der Waals surface area (Å²) in [4.78, 5) is 13.9. The van der Waals surface area contributed by atoms with Crippen molar-refractivity contribution < 1.29 is 28.2 Å². The average Bonchev–Trinajstić information content (AvgIpc) is 3.04. The van der Waals surface area contributed by atoms with Crippen LogP contribution in [0, 0.1) is 5.82 Å². The first-order valence-electron chi connectivity index (χ1n) is 10.1. The van der Waals surface area contributed by atoms with E-state index < -0.39 is 36.8 Å². The molecule has 1 fully saturated rings. The number of benzene rings is 2. The van der Waals surface area contributed by atoms with Gasteiger partial charge in [0.25, 0.3) is 5.92 Å². The number of aliphatic hydroxyl groups excluding tert-OH is 2. The van der Waals surface area contributed by atoms with Crippen molar-refractivity contribution in [2.45, 2.75) is 50.4 Å². The van der Waals surface area contributed by atoms with Crippen molar-refractivity contribution in [1.82, 2.24) is 15.5 Å². The second kappa shape index (κ2) is 8.58. The molecule has 31 heavy (non-hydrogen) atoms. The summed E-state index contributed by atoms with van der Waals surface area (Å²) >= 11 is 0. The second-order valence-corrected chi connectivity index (χ2v) is 8.01. The number of fused-ring (bicyclic) bond motifs is 1. The van der Waals surface area contributed by atoms with Crippen LogP contribution in [0.15, 0.2) is 42.5 Å². The lowest BCUT2D eigenvalue weighted by Crippen LogP contribution is -2.53. The van der Waals surface area contributed by atoms with E-state index in [0.717, 1.165) is 35.4 Å². The standard InChI is InChI=1S/C22H24F3N3O3/c23-16-4-2-15(3-5-16)22(24,25)12-26-10-13-1-6-17-14(9-13)11-28(21(17)31)18-7-8-19(29)27-20(18)30/h1-6,9,18-19,21,26,29,31H,7-8,10-12H2,(H,27,30)/t18?,19-,21-/m0/s1. The lowest BCUT2D eigenvalue weighted by molar-refractivity contribution is -0.139. The van der Waals surface area contributed by atoms with E-state index in [4.69, 9.17) is 0 Å². The summed E-state index contributed by atoms with van der Waals surface area (Å²) in [5.74, 6) is -4.03. The zero-order valence-corrected chi connectivity index (χ0v) is 16.7. The molecule has 2 heterocycles. The van der Waals surface area contributed by atoms with Crippen molar-refractivity contribution in [3.8, 4) is 0 Å². The molecule has 0 spiro atoms. The molecule has 1 saturated heterocycles. The Hall–Kier alpha value is -2.46. The van der Waals surface area contributed by atoms with Crippen LogP contribution >= 0.6 is 0 Å². The highest BCUT2D eigenvalue weighted by molar-refractivity contribution is 5.82. The highest BCUT2D eigenvalue weighted by Gasteiger charge is 2.39. The van der Waals surface area contributed by atoms with Gasteiger partial charge in [-0.15, -0.1) is 0 Å². The molecule has 9 heteroatoms. The van der Waals surface area contributed by atoms with Gasteiger partial charge in [0.2, 0.25) is 5.91 Å². The molecule has 166 valence electrons. The van der Waals surface area contributed by atoms with Gasteiger partial charge >= 0.3 is 0 Å². The lowest BCUT2D eigenvalue weighted by atomic mass is 10.0. The van der Waals surface area contributed by atoms with Crippen LogP contribution in [0.4, 0.5) is 13.2 Å². The van der Waals surface area contributed by atoms with Gasteiger partial charge in [-0.2, -0.15) is 8.78 Å². The van der Waals surface area contributed by atoms with E-state index in [2.05, 4.69) is 10.6 Å². The Bertz CT molecular complexity index is 955. The Morgan fingerprint density at radius 1 is 1.13 bits per heavy atom. The zero-order valence-electron chi connectivity index (χ0n) is 16.7. The third-order valence-corrected chi connectivity index (χ3v) is 5.82. The molecule has 6 nitrogen and oxygen atoms in total. The number of nitrogens with one attached hydrogen (secondary N) is 2. The van der Waals surface area contributed by atoms with Crippen LogP contribution in [0.3, 0.4) is 0 Å². The Labute approximate surface area is 177 Å². The van der Waals surface area contributed by atoms with Crippen molar-refractivity contribution in [2.75, 3.05) is 6.54 Å². The summed E-state index contributed by atoms with van der Waals surface area (Å²) in [5.41, 5.74) is 2.02. The molecule has 2 aliphatic rings. The molecular weight excluding hydrogens is 411 g/mol. The van der Waals surface area contributed by atoms with E-state index in [9.17, 15) is 28.2 Å². The number of halogens is 3. The summed E-state index contributed by atoms with van der Waals surface area (Å²) in [6.07, 6.45) is -0.958. The summed E-state index contributed by atoms with van der Waals surface area (Å²) in [5, 5.41) is 25.4. The van der Waals surface area contributed by atoms with E-state index in [1.54, 1.807) is 17.0 Å². The Morgan fingerprint density at radius 2 is 1.87 bits per heavy atom. The van der Waals surface area contributed by atoms with E-state index in [-0.39, 0.29) is 18.0 Å². The second-order valence-electron chi connectivity index (χ2n) is 8.01. The van der Waals surface area contributed by atoms with Crippen molar-refractivity contribution >= 4 is 5.91 Å². The normalized spacial score (nSPS) is 24.2. The number of hydrogen-bond donors (Lipinski definition) is 4. The molecule has 1 unspecified atom stereocenters. The first-order valence-corrected chi connectivity index (χ1v) is 10.1. The highest BCUT2D eigenvalue weighted by atomic mass is 19.3. The highest BCUT2D eigenvalue weighted by Crippen LogP contribution is 2.36. The molecule has 2 aromatic carbocycles. The minimum absolute atomic E-state index is 0.191. The molecular formula is C22H24F3N3O3. The molecule has 1 amide bonds. The summed E-state index contributed by atoms with van der Waals surface area (Å²) in [6.45, 7) is -0.0600. The molecule has 2 aliphatic heterocycles. The maximum absolute atomic E-state index is 14.3. The molecule has 3 atom stereocenters. The van der Waals surface area contributed by atoms with Crippen LogP contribution in [-0.4, -0.2) is 39.8 Å². The van der Waals surface area contributed by atoms with E-state index in [1.165, 1.54) is 0 Å². The Kier molecular flexibility index (Phi) is 6.02. The summed E-state index contributed by atoms with van der Waals surface area (Å²) < 4.78 is 41.6. The van der Waals surface area contributed by atoms with Crippen LogP contribution in [0.1, 0.15) is 41.3 Å². The first kappa shape index (κ1) is 21.8. The molecule has 4 N–H and O–H groups in total. The molecule has 0 radical (unpaired) electrons. The number of amides is 1. The summed E-state index contributed by atoms with van der Waals surface area (Å²) in [6, 6.07) is 8.94. The number of nitrogens with zero attached hydrogens (tertiary/aromatic N) is 1. The number of hydrogen-bond acceptors (Lipinski definition) is 5. The van der Waals surface area contributed by atoms with Gasteiger partial charge in [-0.1, -0.05) is 30.3 Å². The fourth-order valence-corrected chi connectivity index (χ4v) is 4.16. The van der Waals surface area contributed by atoms with Gasteiger partial charge in [0.1, 0.15) is 18.3 Å². The topological polar surface area (TPSA) is 84.8 Å². The maximum Gasteiger partial charge on any atom is 0.285 e. The molecule has 4 rings (SSSR count). The van der Waals surface area contributed by atoms with E-state index in [1.807, 2.05) is 6.07 Å².